The molecule has 3 rings (SSSR count). The Morgan fingerprint density at radius 2 is 2.06 bits per heavy atom. The zero-order valence-electron chi connectivity index (χ0n) is 8.92. The number of carboxylic acids is 1. The molecule has 17 heavy (non-hydrogen) atoms. The molecule has 0 bridgehead atoms. The van der Waals surface area contributed by atoms with E-state index in [0.717, 1.165) is 5.52 Å². The Morgan fingerprint density at radius 1 is 1.35 bits per heavy atom. The smallest absolute Gasteiger partial charge is 0.323 e. The number of carboxylic acid groups (broad SMARTS) is 1. The van der Waals surface area contributed by atoms with Gasteiger partial charge in [0.15, 0.2) is 11.5 Å². The first kappa shape index (κ1) is 9.95. The van der Waals surface area contributed by atoms with Crippen molar-refractivity contribution < 1.29 is 19.4 Å². The first-order valence-corrected chi connectivity index (χ1v) is 5.20. The molecule has 2 aromatic rings. The van der Waals surface area contributed by atoms with Crippen molar-refractivity contribution in [3.8, 4) is 11.5 Å². The largest absolute Gasteiger partial charge is 0.486 e. The van der Waals surface area contributed by atoms with Crippen LogP contribution in [0.2, 0.25) is 0 Å². The topological polar surface area (TPSA) is 73.6 Å². The van der Waals surface area contributed by atoms with Gasteiger partial charge in [-0.3, -0.25) is 4.79 Å². The van der Waals surface area contributed by atoms with E-state index < -0.39 is 5.97 Å². The van der Waals surface area contributed by atoms with Gasteiger partial charge in [0.25, 0.3) is 0 Å². The second kappa shape index (κ2) is 3.65. The molecule has 0 radical (unpaired) electrons. The van der Waals surface area contributed by atoms with Crippen LogP contribution in [0, 0.1) is 0 Å². The molecular formula is C11H10N2O4. The van der Waals surface area contributed by atoms with Crippen molar-refractivity contribution in [1.29, 1.82) is 0 Å². The van der Waals surface area contributed by atoms with Crippen molar-refractivity contribution in [2.45, 2.75) is 6.54 Å². The second-order valence-corrected chi connectivity index (χ2v) is 3.75. The molecule has 0 fully saturated rings. The lowest BCUT2D eigenvalue weighted by Crippen LogP contribution is -2.15. The van der Waals surface area contributed by atoms with Crippen LogP contribution in [0.15, 0.2) is 18.5 Å². The van der Waals surface area contributed by atoms with Gasteiger partial charge in [-0.15, -0.1) is 0 Å². The zero-order valence-corrected chi connectivity index (χ0v) is 8.92. The minimum atomic E-state index is -0.904. The Hall–Kier alpha value is -2.24. The molecule has 1 N–H and O–H groups in total. The van der Waals surface area contributed by atoms with Crippen LogP contribution in [-0.2, 0) is 11.3 Å². The number of fused-ring (bicyclic) bond motifs is 2. The van der Waals surface area contributed by atoms with E-state index >= 15 is 0 Å². The lowest BCUT2D eigenvalue weighted by Gasteiger charge is -2.18. The van der Waals surface area contributed by atoms with Crippen molar-refractivity contribution >= 4 is 17.0 Å². The Labute approximate surface area is 96.4 Å². The van der Waals surface area contributed by atoms with Crippen LogP contribution >= 0.6 is 0 Å². The maximum absolute atomic E-state index is 10.7. The van der Waals surface area contributed by atoms with Gasteiger partial charge < -0.3 is 19.1 Å². The minimum Gasteiger partial charge on any atom is -0.486 e. The summed E-state index contributed by atoms with van der Waals surface area (Å²) in [4.78, 5) is 14.8. The van der Waals surface area contributed by atoms with Crippen molar-refractivity contribution in [1.82, 2.24) is 9.55 Å². The van der Waals surface area contributed by atoms with Gasteiger partial charge in [-0.2, -0.15) is 0 Å². The highest BCUT2D eigenvalue weighted by molar-refractivity contribution is 5.81. The molecule has 6 nitrogen and oxygen atoms in total. The highest BCUT2D eigenvalue weighted by Gasteiger charge is 2.15. The Bertz CT molecular complexity index is 590. The summed E-state index contributed by atoms with van der Waals surface area (Å²) in [6.45, 7) is 0.913. The van der Waals surface area contributed by atoms with Crippen molar-refractivity contribution in [3.63, 3.8) is 0 Å². The highest BCUT2D eigenvalue weighted by Crippen LogP contribution is 2.33. The molecule has 6 heteroatoms. The molecule has 2 heterocycles. The van der Waals surface area contributed by atoms with Crippen molar-refractivity contribution in [3.05, 3.63) is 18.5 Å². The molecule has 1 aromatic carbocycles. The summed E-state index contributed by atoms with van der Waals surface area (Å²) in [6.07, 6.45) is 1.50. The van der Waals surface area contributed by atoms with E-state index in [2.05, 4.69) is 4.98 Å². The number of benzene rings is 1. The van der Waals surface area contributed by atoms with Gasteiger partial charge in [-0.1, -0.05) is 0 Å². The van der Waals surface area contributed by atoms with Crippen LogP contribution < -0.4 is 9.47 Å². The third-order valence-corrected chi connectivity index (χ3v) is 2.59. The van der Waals surface area contributed by atoms with Crippen LogP contribution in [0.3, 0.4) is 0 Å². The molecule has 0 amide bonds. The number of rotatable bonds is 2. The number of aliphatic carboxylic acids is 1. The van der Waals surface area contributed by atoms with E-state index in [9.17, 15) is 4.79 Å². The lowest BCUT2D eigenvalue weighted by atomic mass is 10.2. The molecule has 88 valence electrons. The summed E-state index contributed by atoms with van der Waals surface area (Å²) < 4.78 is 12.4. The van der Waals surface area contributed by atoms with Crippen molar-refractivity contribution in [2.24, 2.45) is 0 Å². The van der Waals surface area contributed by atoms with Crippen molar-refractivity contribution in [2.75, 3.05) is 13.2 Å². The summed E-state index contributed by atoms with van der Waals surface area (Å²) in [5.41, 5.74) is 1.44. The molecule has 1 aliphatic rings. The molecule has 0 atom stereocenters. The quantitative estimate of drug-likeness (QED) is 0.835. The summed E-state index contributed by atoms with van der Waals surface area (Å²) in [5, 5.41) is 8.78. The first-order chi connectivity index (χ1) is 8.24. The average molecular weight is 234 g/mol. The zero-order chi connectivity index (χ0) is 11.8. The molecule has 0 unspecified atom stereocenters. The third-order valence-electron chi connectivity index (χ3n) is 2.59. The van der Waals surface area contributed by atoms with Gasteiger partial charge in [0, 0.05) is 12.1 Å². The molecule has 1 aliphatic heterocycles. The van der Waals surface area contributed by atoms with Gasteiger partial charge in [0.05, 0.1) is 17.4 Å². The van der Waals surface area contributed by atoms with E-state index in [1.807, 2.05) is 0 Å². The average Bonchev–Trinajstić information content (AvgIpc) is 2.68. The monoisotopic (exact) mass is 234 g/mol. The Kier molecular flexibility index (Phi) is 2.14. The fourth-order valence-electron chi connectivity index (χ4n) is 1.87. The number of imidazole rings is 1. The molecular weight excluding hydrogens is 224 g/mol. The minimum absolute atomic E-state index is 0.115. The summed E-state index contributed by atoms with van der Waals surface area (Å²) in [7, 11) is 0. The number of carbonyl (C=O) groups is 1. The number of aromatic nitrogens is 2. The molecule has 0 spiro atoms. The SMILES string of the molecule is O=C(O)Cn1cnc2cc3c(cc21)OCCO3. The number of nitrogens with zero attached hydrogens (tertiary/aromatic N) is 2. The van der Waals surface area contributed by atoms with Crippen LogP contribution in [0.4, 0.5) is 0 Å². The highest BCUT2D eigenvalue weighted by atomic mass is 16.6. The number of ether oxygens (including phenoxy) is 2. The van der Waals surface area contributed by atoms with Gasteiger partial charge in [-0.05, 0) is 0 Å². The van der Waals surface area contributed by atoms with Gasteiger partial charge >= 0.3 is 5.97 Å². The van der Waals surface area contributed by atoms with E-state index in [0.29, 0.717) is 30.2 Å². The molecule has 0 saturated heterocycles. The van der Waals surface area contributed by atoms with Crippen LogP contribution in [-0.4, -0.2) is 33.8 Å². The molecule has 0 saturated carbocycles. The van der Waals surface area contributed by atoms with Crippen LogP contribution in [0.25, 0.3) is 11.0 Å². The van der Waals surface area contributed by atoms with Gasteiger partial charge in [-0.25, -0.2) is 4.98 Å². The summed E-state index contributed by atoms with van der Waals surface area (Å²) >= 11 is 0. The summed E-state index contributed by atoms with van der Waals surface area (Å²) in [5.74, 6) is 0.388. The van der Waals surface area contributed by atoms with E-state index in [1.165, 1.54) is 6.33 Å². The summed E-state index contributed by atoms with van der Waals surface area (Å²) in [6, 6.07) is 3.53. The van der Waals surface area contributed by atoms with Crippen LogP contribution in [0.1, 0.15) is 0 Å². The maximum atomic E-state index is 10.7. The number of hydrogen-bond acceptors (Lipinski definition) is 4. The maximum Gasteiger partial charge on any atom is 0.323 e. The lowest BCUT2D eigenvalue weighted by molar-refractivity contribution is -0.137. The first-order valence-electron chi connectivity index (χ1n) is 5.20. The van der Waals surface area contributed by atoms with Gasteiger partial charge in [0.1, 0.15) is 19.8 Å². The third kappa shape index (κ3) is 1.67. The van der Waals surface area contributed by atoms with Gasteiger partial charge in [0.2, 0.25) is 0 Å². The van der Waals surface area contributed by atoms with E-state index in [1.54, 1.807) is 16.7 Å². The molecule has 1 aromatic heterocycles. The second-order valence-electron chi connectivity index (χ2n) is 3.75. The predicted octanol–water partition coefficient (Wildman–Crippen LogP) is 0.892. The Balaban J connectivity index is 2.12. The van der Waals surface area contributed by atoms with E-state index in [-0.39, 0.29) is 6.54 Å². The normalized spacial score (nSPS) is 13.9. The standard InChI is InChI=1S/C11H10N2O4/c14-11(15)5-13-6-12-7-3-9-10(4-8(7)13)17-2-1-16-9/h3-4,6H,1-2,5H2,(H,14,15). The molecule has 0 aliphatic carbocycles. The predicted molar refractivity (Wildman–Crippen MR) is 58.4 cm³/mol. The number of hydrogen-bond donors (Lipinski definition) is 1. The fraction of sp³-hybridized carbons (Fsp3) is 0.273. The van der Waals surface area contributed by atoms with Crippen LogP contribution in [0.5, 0.6) is 11.5 Å². The fourth-order valence-corrected chi connectivity index (χ4v) is 1.87. The Morgan fingerprint density at radius 3 is 2.76 bits per heavy atom. The van der Waals surface area contributed by atoms with E-state index in [4.69, 9.17) is 14.6 Å².